The SMILES string of the molecule is CCOc1cccc2sc(=NC(=O)c3ccc(C)cc3C)n(C)c12. The maximum absolute atomic E-state index is 12.6. The smallest absolute Gasteiger partial charge is 0.279 e. The third kappa shape index (κ3) is 2.99. The van der Waals surface area contributed by atoms with Crippen molar-refractivity contribution >= 4 is 27.5 Å². The highest BCUT2D eigenvalue weighted by atomic mass is 32.1. The van der Waals surface area contributed by atoms with E-state index in [0.717, 1.165) is 27.1 Å². The Hall–Kier alpha value is -2.40. The zero-order chi connectivity index (χ0) is 17.3. The van der Waals surface area contributed by atoms with E-state index in [-0.39, 0.29) is 5.91 Å². The highest BCUT2D eigenvalue weighted by Crippen LogP contribution is 2.26. The van der Waals surface area contributed by atoms with Gasteiger partial charge in [-0.2, -0.15) is 4.99 Å². The van der Waals surface area contributed by atoms with Crippen LogP contribution in [0, 0.1) is 13.8 Å². The van der Waals surface area contributed by atoms with Gasteiger partial charge >= 0.3 is 0 Å². The lowest BCUT2D eigenvalue weighted by atomic mass is 10.1. The van der Waals surface area contributed by atoms with Gasteiger partial charge < -0.3 is 9.30 Å². The first-order valence-corrected chi connectivity index (χ1v) is 8.70. The number of ether oxygens (including phenoxy) is 1. The molecule has 3 aromatic rings. The molecule has 0 saturated heterocycles. The molecule has 24 heavy (non-hydrogen) atoms. The van der Waals surface area contributed by atoms with Gasteiger partial charge in [-0.05, 0) is 44.5 Å². The Morgan fingerprint density at radius 3 is 2.75 bits per heavy atom. The van der Waals surface area contributed by atoms with E-state index in [1.165, 1.54) is 11.3 Å². The monoisotopic (exact) mass is 340 g/mol. The summed E-state index contributed by atoms with van der Waals surface area (Å²) >= 11 is 1.49. The van der Waals surface area contributed by atoms with Gasteiger partial charge in [0.1, 0.15) is 11.3 Å². The zero-order valence-electron chi connectivity index (χ0n) is 14.3. The number of thiazole rings is 1. The summed E-state index contributed by atoms with van der Waals surface area (Å²) in [5, 5.41) is 0. The van der Waals surface area contributed by atoms with Crippen LogP contribution in [0.3, 0.4) is 0 Å². The molecule has 3 rings (SSSR count). The van der Waals surface area contributed by atoms with E-state index in [9.17, 15) is 4.79 Å². The number of carbonyl (C=O) groups excluding carboxylic acids is 1. The number of benzene rings is 2. The van der Waals surface area contributed by atoms with E-state index in [1.54, 1.807) is 0 Å². The minimum atomic E-state index is -0.215. The fourth-order valence-electron chi connectivity index (χ4n) is 2.75. The molecule has 124 valence electrons. The van der Waals surface area contributed by atoms with Gasteiger partial charge in [0.25, 0.3) is 5.91 Å². The predicted molar refractivity (Wildman–Crippen MR) is 97.8 cm³/mol. The fourth-order valence-corrected chi connectivity index (χ4v) is 3.78. The van der Waals surface area contributed by atoms with Gasteiger partial charge in [-0.15, -0.1) is 0 Å². The van der Waals surface area contributed by atoms with E-state index in [2.05, 4.69) is 4.99 Å². The number of aromatic nitrogens is 1. The largest absolute Gasteiger partial charge is 0.492 e. The molecule has 0 spiro atoms. The van der Waals surface area contributed by atoms with Crippen molar-refractivity contribution in [1.29, 1.82) is 0 Å². The Bertz CT molecular complexity index is 983. The van der Waals surface area contributed by atoms with Crippen LogP contribution in [0.15, 0.2) is 41.4 Å². The van der Waals surface area contributed by atoms with Crippen LogP contribution in [0.4, 0.5) is 0 Å². The Morgan fingerprint density at radius 1 is 1.25 bits per heavy atom. The number of hydrogen-bond acceptors (Lipinski definition) is 3. The van der Waals surface area contributed by atoms with E-state index < -0.39 is 0 Å². The summed E-state index contributed by atoms with van der Waals surface area (Å²) in [5.74, 6) is 0.599. The first kappa shape index (κ1) is 16.5. The molecule has 0 bridgehead atoms. The molecule has 0 aliphatic heterocycles. The summed E-state index contributed by atoms with van der Waals surface area (Å²) < 4.78 is 8.67. The van der Waals surface area contributed by atoms with Gasteiger partial charge in [0.15, 0.2) is 4.80 Å². The summed E-state index contributed by atoms with van der Waals surface area (Å²) in [7, 11) is 1.91. The molecule has 1 amide bonds. The number of hydrogen-bond donors (Lipinski definition) is 0. The highest BCUT2D eigenvalue weighted by Gasteiger charge is 2.12. The topological polar surface area (TPSA) is 43.6 Å². The molecule has 1 heterocycles. The maximum atomic E-state index is 12.6. The number of carbonyl (C=O) groups is 1. The van der Waals surface area contributed by atoms with Gasteiger partial charge in [0.05, 0.1) is 11.3 Å². The molecule has 0 fully saturated rings. The predicted octanol–water partition coefficient (Wildman–Crippen LogP) is 4.00. The van der Waals surface area contributed by atoms with Crippen LogP contribution < -0.4 is 9.54 Å². The van der Waals surface area contributed by atoms with Crippen LogP contribution in [0.5, 0.6) is 5.75 Å². The molecule has 4 nitrogen and oxygen atoms in total. The Labute approximate surface area is 145 Å². The summed E-state index contributed by atoms with van der Waals surface area (Å²) in [6.07, 6.45) is 0. The van der Waals surface area contributed by atoms with E-state index in [0.29, 0.717) is 17.0 Å². The zero-order valence-corrected chi connectivity index (χ0v) is 15.1. The van der Waals surface area contributed by atoms with Crippen molar-refractivity contribution < 1.29 is 9.53 Å². The normalized spacial score (nSPS) is 11.9. The summed E-state index contributed by atoms with van der Waals surface area (Å²) in [4.78, 5) is 17.6. The second kappa shape index (κ2) is 6.61. The third-order valence-corrected chi connectivity index (χ3v) is 4.99. The van der Waals surface area contributed by atoms with Crippen molar-refractivity contribution in [1.82, 2.24) is 4.57 Å². The van der Waals surface area contributed by atoms with Crippen LogP contribution in [-0.4, -0.2) is 17.1 Å². The first-order valence-electron chi connectivity index (χ1n) is 7.89. The molecular weight excluding hydrogens is 320 g/mol. The average molecular weight is 340 g/mol. The molecule has 0 aliphatic rings. The fraction of sp³-hybridized carbons (Fsp3) is 0.263. The quantitative estimate of drug-likeness (QED) is 0.723. The third-order valence-electron chi connectivity index (χ3n) is 3.89. The number of rotatable bonds is 3. The number of nitrogens with zero attached hydrogens (tertiary/aromatic N) is 2. The summed E-state index contributed by atoms with van der Waals surface area (Å²) in [6, 6.07) is 11.7. The molecule has 5 heteroatoms. The number of para-hydroxylation sites is 1. The first-order chi connectivity index (χ1) is 11.5. The molecule has 0 radical (unpaired) electrons. The van der Waals surface area contributed by atoms with Crippen molar-refractivity contribution in [2.24, 2.45) is 12.0 Å². The van der Waals surface area contributed by atoms with Crippen LogP contribution in [0.25, 0.3) is 10.2 Å². The van der Waals surface area contributed by atoms with Crippen LogP contribution >= 0.6 is 11.3 Å². The summed E-state index contributed by atoms with van der Waals surface area (Å²) in [5.41, 5.74) is 3.69. The molecule has 2 aromatic carbocycles. The molecule has 0 unspecified atom stereocenters. The van der Waals surface area contributed by atoms with Gasteiger partial charge in [-0.3, -0.25) is 4.79 Å². The second-order valence-corrected chi connectivity index (χ2v) is 6.72. The molecule has 1 aromatic heterocycles. The lowest BCUT2D eigenvalue weighted by Crippen LogP contribution is -2.14. The van der Waals surface area contributed by atoms with Gasteiger partial charge in [-0.1, -0.05) is 35.1 Å². The van der Waals surface area contributed by atoms with Crippen molar-refractivity contribution in [2.75, 3.05) is 6.61 Å². The number of fused-ring (bicyclic) bond motifs is 1. The van der Waals surface area contributed by atoms with E-state index in [4.69, 9.17) is 4.74 Å². The van der Waals surface area contributed by atoms with Crippen LogP contribution in [-0.2, 0) is 7.05 Å². The van der Waals surface area contributed by atoms with Crippen LogP contribution in [0.1, 0.15) is 28.4 Å². The molecule has 0 saturated carbocycles. The van der Waals surface area contributed by atoms with Crippen LogP contribution in [0.2, 0.25) is 0 Å². The van der Waals surface area contributed by atoms with Gasteiger partial charge in [-0.25, -0.2) is 0 Å². The van der Waals surface area contributed by atoms with Gasteiger partial charge in [0, 0.05) is 12.6 Å². The summed E-state index contributed by atoms with van der Waals surface area (Å²) in [6.45, 7) is 6.51. The Balaban J connectivity index is 2.12. The van der Waals surface area contributed by atoms with E-state index in [1.807, 2.05) is 68.8 Å². The molecule has 0 atom stereocenters. The van der Waals surface area contributed by atoms with Crippen molar-refractivity contribution in [3.8, 4) is 5.75 Å². The maximum Gasteiger partial charge on any atom is 0.279 e. The van der Waals surface area contributed by atoms with Crippen molar-refractivity contribution in [3.05, 3.63) is 57.9 Å². The molecular formula is C19H20N2O2S. The second-order valence-electron chi connectivity index (χ2n) is 5.71. The molecule has 0 aliphatic carbocycles. The van der Waals surface area contributed by atoms with Crippen molar-refractivity contribution in [3.63, 3.8) is 0 Å². The average Bonchev–Trinajstić information content (AvgIpc) is 2.84. The van der Waals surface area contributed by atoms with E-state index >= 15 is 0 Å². The minimum absolute atomic E-state index is 0.215. The Morgan fingerprint density at radius 2 is 2.04 bits per heavy atom. The lowest BCUT2D eigenvalue weighted by Gasteiger charge is -2.05. The van der Waals surface area contributed by atoms with Crippen molar-refractivity contribution in [2.45, 2.75) is 20.8 Å². The lowest BCUT2D eigenvalue weighted by molar-refractivity contribution is 0.0997. The number of aryl methyl sites for hydroxylation is 3. The standard InChI is InChI=1S/C19H20N2O2S/c1-5-23-15-7-6-8-16-17(15)21(4)19(24-16)20-18(22)14-10-9-12(2)11-13(14)3/h6-11H,5H2,1-4H3. The minimum Gasteiger partial charge on any atom is -0.492 e. The highest BCUT2D eigenvalue weighted by molar-refractivity contribution is 7.16. The molecule has 0 N–H and O–H groups in total. The van der Waals surface area contributed by atoms with Gasteiger partial charge in [0.2, 0.25) is 0 Å². The number of amides is 1. The Kier molecular flexibility index (Phi) is 4.53.